The molecule has 3 heterocycles. The smallest absolute Gasteiger partial charge is 0.272 e. The Morgan fingerprint density at radius 3 is 2.68 bits per heavy atom. The highest BCUT2D eigenvalue weighted by Crippen LogP contribution is 2.32. The Morgan fingerprint density at radius 2 is 1.97 bits per heavy atom. The Hall–Kier alpha value is -3.03. The summed E-state index contributed by atoms with van der Waals surface area (Å²) >= 11 is 1.64. The van der Waals surface area contributed by atoms with Crippen molar-refractivity contribution in [3.8, 4) is 11.1 Å². The summed E-state index contributed by atoms with van der Waals surface area (Å²) in [6.45, 7) is 0.889. The standard InChI is InChI=1S/C24H25N3O3S/c1-26(2)23(29)24(15-18-7-3-4-8-20(18)19-10-14-31-16-19)17-27(12-13-30-24)22(28)21-9-5-6-11-25-21/h3-11,14,16H,12-13,15,17H2,1-2H3/t24-/m0/s1. The molecule has 2 amide bonds. The van der Waals surface area contributed by atoms with Gasteiger partial charge in [-0.1, -0.05) is 30.3 Å². The first-order chi connectivity index (χ1) is 15.0. The van der Waals surface area contributed by atoms with Gasteiger partial charge in [-0.2, -0.15) is 11.3 Å². The van der Waals surface area contributed by atoms with E-state index in [1.165, 1.54) is 0 Å². The summed E-state index contributed by atoms with van der Waals surface area (Å²) in [5.41, 5.74) is 2.42. The highest BCUT2D eigenvalue weighted by atomic mass is 32.1. The highest BCUT2D eigenvalue weighted by molar-refractivity contribution is 7.08. The van der Waals surface area contributed by atoms with Gasteiger partial charge in [0.2, 0.25) is 0 Å². The molecule has 1 fully saturated rings. The zero-order valence-electron chi connectivity index (χ0n) is 17.7. The summed E-state index contributed by atoms with van der Waals surface area (Å²) in [4.78, 5) is 33.9. The fourth-order valence-electron chi connectivity index (χ4n) is 4.01. The van der Waals surface area contributed by atoms with Gasteiger partial charge in [-0.25, -0.2) is 0 Å². The number of aromatic nitrogens is 1. The third kappa shape index (κ3) is 4.38. The van der Waals surface area contributed by atoms with Crippen LogP contribution in [0.3, 0.4) is 0 Å². The van der Waals surface area contributed by atoms with E-state index in [2.05, 4.69) is 22.5 Å². The predicted octanol–water partition coefficient (Wildman–Crippen LogP) is 3.35. The van der Waals surface area contributed by atoms with Crippen LogP contribution in [0.1, 0.15) is 16.1 Å². The van der Waals surface area contributed by atoms with E-state index in [1.54, 1.807) is 59.6 Å². The van der Waals surface area contributed by atoms with Crippen LogP contribution in [0.25, 0.3) is 11.1 Å². The normalized spacial score (nSPS) is 18.6. The summed E-state index contributed by atoms with van der Waals surface area (Å²) in [6, 6.07) is 15.4. The van der Waals surface area contributed by atoms with Crippen LogP contribution in [0.4, 0.5) is 0 Å². The fraction of sp³-hybridized carbons (Fsp3) is 0.292. The van der Waals surface area contributed by atoms with Crippen molar-refractivity contribution in [3.05, 3.63) is 76.7 Å². The number of rotatable bonds is 5. The van der Waals surface area contributed by atoms with Crippen LogP contribution in [-0.2, 0) is 16.0 Å². The van der Waals surface area contributed by atoms with E-state index in [9.17, 15) is 9.59 Å². The molecule has 3 aromatic rings. The zero-order chi connectivity index (χ0) is 21.8. The van der Waals surface area contributed by atoms with Gasteiger partial charge in [0.25, 0.3) is 11.8 Å². The molecule has 0 bridgehead atoms. The summed E-state index contributed by atoms with van der Waals surface area (Å²) in [6.07, 6.45) is 1.98. The molecule has 31 heavy (non-hydrogen) atoms. The number of thiophene rings is 1. The van der Waals surface area contributed by atoms with Gasteiger partial charge in [0.1, 0.15) is 5.69 Å². The highest BCUT2D eigenvalue weighted by Gasteiger charge is 2.46. The molecule has 6 nitrogen and oxygen atoms in total. The van der Waals surface area contributed by atoms with Gasteiger partial charge in [-0.15, -0.1) is 0 Å². The lowest BCUT2D eigenvalue weighted by atomic mass is 9.87. The molecular formula is C24H25N3O3S. The average molecular weight is 436 g/mol. The first kappa shape index (κ1) is 21.2. The average Bonchev–Trinajstić information content (AvgIpc) is 3.34. The summed E-state index contributed by atoms with van der Waals surface area (Å²) < 4.78 is 6.18. The Bertz CT molecular complexity index is 1050. The van der Waals surface area contributed by atoms with Crippen molar-refractivity contribution in [3.63, 3.8) is 0 Å². The molecule has 0 saturated carbocycles. The number of benzene rings is 1. The van der Waals surface area contributed by atoms with E-state index < -0.39 is 5.60 Å². The lowest BCUT2D eigenvalue weighted by molar-refractivity contribution is -0.165. The lowest BCUT2D eigenvalue weighted by Gasteiger charge is -2.43. The van der Waals surface area contributed by atoms with E-state index in [0.29, 0.717) is 25.3 Å². The fourth-order valence-corrected chi connectivity index (χ4v) is 4.67. The zero-order valence-corrected chi connectivity index (χ0v) is 18.5. The van der Waals surface area contributed by atoms with Crippen molar-refractivity contribution in [2.24, 2.45) is 0 Å². The number of morpholine rings is 1. The third-order valence-electron chi connectivity index (χ3n) is 5.48. The van der Waals surface area contributed by atoms with Crippen LogP contribution < -0.4 is 0 Å². The van der Waals surface area contributed by atoms with Crippen molar-refractivity contribution >= 4 is 23.2 Å². The van der Waals surface area contributed by atoms with Gasteiger partial charge in [-0.3, -0.25) is 14.6 Å². The minimum Gasteiger partial charge on any atom is -0.361 e. The predicted molar refractivity (Wildman–Crippen MR) is 121 cm³/mol. The van der Waals surface area contributed by atoms with Gasteiger partial charge < -0.3 is 14.5 Å². The van der Waals surface area contributed by atoms with Gasteiger partial charge in [0.05, 0.1) is 13.2 Å². The van der Waals surface area contributed by atoms with Crippen LogP contribution in [0.15, 0.2) is 65.5 Å². The first-order valence-corrected chi connectivity index (χ1v) is 11.1. The van der Waals surface area contributed by atoms with Crippen molar-refractivity contribution in [2.45, 2.75) is 12.0 Å². The Balaban J connectivity index is 1.69. The molecule has 1 saturated heterocycles. The van der Waals surface area contributed by atoms with Crippen LogP contribution >= 0.6 is 11.3 Å². The number of hydrogen-bond donors (Lipinski definition) is 0. The van der Waals surface area contributed by atoms with Crippen molar-refractivity contribution in [1.29, 1.82) is 0 Å². The summed E-state index contributed by atoms with van der Waals surface area (Å²) in [7, 11) is 3.44. The second-order valence-corrected chi connectivity index (χ2v) is 8.61. The maximum absolute atomic E-state index is 13.4. The van der Waals surface area contributed by atoms with Gasteiger partial charge >= 0.3 is 0 Å². The number of carbonyl (C=O) groups excluding carboxylic acids is 2. The van der Waals surface area contributed by atoms with Crippen LogP contribution in [0.2, 0.25) is 0 Å². The van der Waals surface area contributed by atoms with Crippen molar-refractivity contribution in [2.75, 3.05) is 33.8 Å². The van der Waals surface area contributed by atoms with Crippen molar-refractivity contribution < 1.29 is 14.3 Å². The number of carbonyl (C=O) groups is 2. The number of amides is 2. The van der Waals surface area contributed by atoms with E-state index in [0.717, 1.165) is 16.7 Å². The lowest BCUT2D eigenvalue weighted by Crippen LogP contribution is -2.61. The summed E-state index contributed by atoms with van der Waals surface area (Å²) in [5, 5.41) is 4.13. The second kappa shape index (κ2) is 8.99. The Labute approximate surface area is 186 Å². The SMILES string of the molecule is CN(C)C(=O)[C@]1(Cc2ccccc2-c2ccsc2)CN(C(=O)c2ccccn2)CCO1. The van der Waals surface area contributed by atoms with Crippen LogP contribution in [0.5, 0.6) is 0 Å². The van der Waals surface area contributed by atoms with E-state index >= 15 is 0 Å². The molecule has 1 aliphatic heterocycles. The quantitative estimate of drug-likeness (QED) is 0.617. The molecule has 1 aliphatic rings. The number of hydrogen-bond acceptors (Lipinski definition) is 5. The molecule has 2 aromatic heterocycles. The molecule has 1 atom stereocenters. The molecule has 0 spiro atoms. The van der Waals surface area contributed by atoms with E-state index in [4.69, 9.17) is 4.74 Å². The molecule has 4 rings (SSSR count). The Kier molecular flexibility index (Phi) is 6.15. The minimum atomic E-state index is -1.15. The van der Waals surface area contributed by atoms with Crippen LogP contribution in [0, 0.1) is 0 Å². The number of nitrogens with zero attached hydrogens (tertiary/aromatic N) is 3. The first-order valence-electron chi connectivity index (χ1n) is 10.2. The monoisotopic (exact) mass is 435 g/mol. The summed E-state index contributed by atoms with van der Waals surface area (Å²) in [5.74, 6) is -0.336. The second-order valence-electron chi connectivity index (χ2n) is 7.83. The molecule has 0 unspecified atom stereocenters. The largest absolute Gasteiger partial charge is 0.361 e. The number of likely N-dealkylation sites (N-methyl/N-ethyl adjacent to an activating group) is 1. The maximum atomic E-state index is 13.4. The van der Waals surface area contributed by atoms with Gasteiger partial charge in [-0.05, 0) is 45.6 Å². The number of pyridine rings is 1. The number of ether oxygens (including phenoxy) is 1. The van der Waals surface area contributed by atoms with Gasteiger partial charge in [0.15, 0.2) is 5.60 Å². The maximum Gasteiger partial charge on any atom is 0.272 e. The minimum absolute atomic E-state index is 0.147. The van der Waals surface area contributed by atoms with E-state index in [-0.39, 0.29) is 18.4 Å². The molecule has 0 N–H and O–H groups in total. The topological polar surface area (TPSA) is 62.7 Å². The molecule has 1 aromatic carbocycles. The molecule has 0 radical (unpaired) electrons. The van der Waals surface area contributed by atoms with Gasteiger partial charge in [0, 0.05) is 33.3 Å². The third-order valence-corrected chi connectivity index (χ3v) is 6.16. The molecular weight excluding hydrogens is 410 g/mol. The van der Waals surface area contributed by atoms with Crippen LogP contribution in [-0.4, -0.2) is 66.0 Å². The van der Waals surface area contributed by atoms with Crippen molar-refractivity contribution in [1.82, 2.24) is 14.8 Å². The Morgan fingerprint density at radius 1 is 1.16 bits per heavy atom. The molecule has 0 aliphatic carbocycles. The molecule has 160 valence electrons. The van der Waals surface area contributed by atoms with E-state index in [1.807, 2.05) is 23.6 Å². The molecule has 7 heteroatoms.